The zero-order valence-corrected chi connectivity index (χ0v) is 27.5. The predicted octanol–water partition coefficient (Wildman–Crippen LogP) is 7.62. The molecule has 0 aliphatic carbocycles. The van der Waals surface area contributed by atoms with E-state index in [9.17, 15) is 0 Å². The zero-order chi connectivity index (χ0) is 28.1. The van der Waals surface area contributed by atoms with Crippen molar-refractivity contribution in [2.24, 2.45) is 10.8 Å². The third-order valence-electron chi connectivity index (χ3n) is 6.03. The quantitative estimate of drug-likeness (QED) is 0.205. The summed E-state index contributed by atoms with van der Waals surface area (Å²) >= 11 is 0. The summed E-state index contributed by atoms with van der Waals surface area (Å²) in [6.45, 7) is 21.9. The van der Waals surface area contributed by atoms with E-state index >= 15 is 0 Å². The predicted molar refractivity (Wildman–Crippen MR) is 156 cm³/mol. The van der Waals surface area contributed by atoms with Crippen molar-refractivity contribution in [1.29, 1.82) is 0 Å². The van der Waals surface area contributed by atoms with E-state index in [1.165, 1.54) is 11.1 Å². The van der Waals surface area contributed by atoms with Crippen molar-refractivity contribution in [3.8, 4) is 22.8 Å². The SMILES string of the molecule is CC(C)c1ccc(-c2cc(CC(C)(C)C)n[n-]2)nc1.CC(C)c1ccc(-c2cc(CC(C)(C)C)n[n-]2)nc1.[Pt+2]. The summed E-state index contributed by atoms with van der Waals surface area (Å²) in [6, 6.07) is 12.4. The van der Waals surface area contributed by atoms with Gasteiger partial charge in [0.1, 0.15) is 0 Å². The molecule has 6 nitrogen and oxygen atoms in total. The van der Waals surface area contributed by atoms with E-state index < -0.39 is 0 Å². The molecule has 4 heterocycles. The van der Waals surface area contributed by atoms with Crippen LogP contribution in [0.1, 0.15) is 104 Å². The number of pyridine rings is 2. The molecule has 0 bridgehead atoms. The maximum Gasteiger partial charge on any atom is 2.00 e. The Kier molecular flexibility index (Phi) is 11.4. The molecule has 7 heteroatoms. The molecule has 0 amide bonds. The Labute approximate surface area is 249 Å². The topological polar surface area (TPSA) is 79.8 Å². The number of nitrogens with zero attached hydrogens (tertiary/aromatic N) is 6. The first-order valence-electron chi connectivity index (χ1n) is 13.6. The maximum absolute atomic E-state index is 4.48. The first-order chi connectivity index (χ1) is 17.7. The molecule has 0 N–H and O–H groups in total. The Bertz CT molecular complexity index is 1170. The standard InChI is InChI=1S/2C16H22N3.Pt/c2*1-11(2)12-6-7-14(17-10-12)15-8-13(18-19-15)9-16(3,4)5;/h2*6-8,10-11H,9H2,1-5H3;/q2*-1;+2. The molecule has 4 aromatic rings. The van der Waals surface area contributed by atoms with E-state index in [1.807, 2.05) is 36.7 Å². The molecule has 0 aromatic carbocycles. The molecular formula is C32H44N6Pt. The summed E-state index contributed by atoms with van der Waals surface area (Å²) in [4.78, 5) is 8.95. The van der Waals surface area contributed by atoms with Crippen molar-refractivity contribution in [3.63, 3.8) is 0 Å². The van der Waals surface area contributed by atoms with Crippen LogP contribution in [-0.2, 0) is 33.9 Å². The van der Waals surface area contributed by atoms with E-state index in [2.05, 4.69) is 112 Å². The molecule has 0 atom stereocenters. The Balaban J connectivity index is 0.000000267. The van der Waals surface area contributed by atoms with Gasteiger partial charge in [-0.3, -0.25) is 9.97 Å². The van der Waals surface area contributed by atoms with Gasteiger partial charge >= 0.3 is 21.1 Å². The third-order valence-corrected chi connectivity index (χ3v) is 6.03. The van der Waals surface area contributed by atoms with Gasteiger partial charge in [-0.15, -0.1) is 0 Å². The monoisotopic (exact) mass is 707 g/mol. The summed E-state index contributed by atoms with van der Waals surface area (Å²) < 4.78 is 0. The van der Waals surface area contributed by atoms with Crippen molar-refractivity contribution >= 4 is 0 Å². The van der Waals surface area contributed by atoms with Crippen LogP contribution in [0.2, 0.25) is 0 Å². The fraction of sp³-hybridized carbons (Fsp3) is 0.500. The van der Waals surface area contributed by atoms with Gasteiger partial charge in [-0.05, 0) is 58.8 Å². The van der Waals surface area contributed by atoms with Crippen LogP contribution >= 0.6 is 0 Å². The van der Waals surface area contributed by atoms with Crippen LogP contribution in [0.4, 0.5) is 0 Å². The summed E-state index contributed by atoms with van der Waals surface area (Å²) in [6.07, 6.45) is 5.73. The van der Waals surface area contributed by atoms with Crippen molar-refractivity contribution in [2.45, 2.75) is 93.9 Å². The molecule has 212 valence electrons. The smallest absolute Gasteiger partial charge is 0.573 e. The van der Waals surface area contributed by atoms with Crippen molar-refractivity contribution in [3.05, 3.63) is 71.3 Å². The van der Waals surface area contributed by atoms with Gasteiger partial charge in [0.05, 0.1) is 0 Å². The van der Waals surface area contributed by atoms with E-state index in [-0.39, 0.29) is 31.9 Å². The van der Waals surface area contributed by atoms with Crippen LogP contribution in [0.15, 0.2) is 48.8 Å². The van der Waals surface area contributed by atoms with Gasteiger partial charge < -0.3 is 20.4 Å². The van der Waals surface area contributed by atoms with Gasteiger partial charge in [0.25, 0.3) is 0 Å². The van der Waals surface area contributed by atoms with Gasteiger partial charge in [0, 0.05) is 35.2 Å². The minimum atomic E-state index is 0. The minimum absolute atomic E-state index is 0. The largest absolute Gasteiger partial charge is 2.00 e. The van der Waals surface area contributed by atoms with Crippen molar-refractivity contribution in [1.82, 2.24) is 30.4 Å². The number of hydrogen-bond donors (Lipinski definition) is 0. The molecule has 0 aliphatic rings. The van der Waals surface area contributed by atoms with E-state index in [0.29, 0.717) is 11.8 Å². The molecule has 0 fully saturated rings. The summed E-state index contributed by atoms with van der Waals surface area (Å²) in [7, 11) is 0. The van der Waals surface area contributed by atoms with Crippen LogP contribution in [-0.4, -0.2) is 20.2 Å². The Morgan fingerprint density at radius 1 is 0.615 bits per heavy atom. The van der Waals surface area contributed by atoms with Gasteiger partial charge in [0.15, 0.2) is 0 Å². The molecule has 0 aliphatic heterocycles. The number of hydrogen-bond acceptors (Lipinski definition) is 4. The van der Waals surface area contributed by atoms with Gasteiger partial charge in [-0.25, -0.2) is 0 Å². The summed E-state index contributed by atoms with van der Waals surface area (Å²) in [5.41, 5.74) is 8.58. The Morgan fingerprint density at radius 3 is 1.23 bits per heavy atom. The van der Waals surface area contributed by atoms with Crippen LogP contribution in [0.5, 0.6) is 0 Å². The first-order valence-corrected chi connectivity index (χ1v) is 13.6. The average molecular weight is 708 g/mol. The zero-order valence-electron chi connectivity index (χ0n) is 25.2. The second-order valence-electron chi connectivity index (χ2n) is 13.2. The Hall–Kier alpha value is -2.59. The van der Waals surface area contributed by atoms with E-state index in [4.69, 9.17) is 0 Å². The molecule has 0 radical (unpaired) electrons. The van der Waals surface area contributed by atoms with Crippen molar-refractivity contribution in [2.75, 3.05) is 0 Å². The first kappa shape index (κ1) is 32.6. The molecule has 0 saturated carbocycles. The van der Waals surface area contributed by atoms with E-state index in [1.54, 1.807) is 0 Å². The summed E-state index contributed by atoms with van der Waals surface area (Å²) in [5.74, 6) is 1.01. The van der Waals surface area contributed by atoms with Gasteiger partial charge in [-0.1, -0.05) is 105 Å². The molecular weight excluding hydrogens is 663 g/mol. The minimum Gasteiger partial charge on any atom is -0.573 e. The van der Waals surface area contributed by atoms with Gasteiger partial charge in [-0.2, -0.15) is 0 Å². The summed E-state index contributed by atoms with van der Waals surface area (Å²) in [5, 5.41) is 17.0. The maximum atomic E-state index is 4.48. The van der Waals surface area contributed by atoms with Crippen LogP contribution in [0, 0.1) is 10.8 Å². The fourth-order valence-corrected chi connectivity index (χ4v) is 3.97. The van der Waals surface area contributed by atoms with Crippen LogP contribution < -0.4 is 10.2 Å². The van der Waals surface area contributed by atoms with E-state index in [0.717, 1.165) is 47.0 Å². The Morgan fingerprint density at radius 2 is 0.974 bits per heavy atom. The number of aromatic nitrogens is 6. The van der Waals surface area contributed by atoms with Crippen molar-refractivity contribution < 1.29 is 21.1 Å². The normalized spacial score (nSPS) is 11.8. The molecule has 4 rings (SSSR count). The molecule has 0 saturated heterocycles. The second-order valence-corrected chi connectivity index (χ2v) is 13.2. The number of rotatable bonds is 6. The molecule has 39 heavy (non-hydrogen) atoms. The molecule has 0 unspecified atom stereocenters. The van der Waals surface area contributed by atoms with Gasteiger partial charge in [0.2, 0.25) is 0 Å². The van der Waals surface area contributed by atoms with Crippen LogP contribution in [0.25, 0.3) is 22.8 Å². The third kappa shape index (κ3) is 10.5. The average Bonchev–Trinajstić information content (AvgIpc) is 3.47. The fourth-order valence-electron chi connectivity index (χ4n) is 3.97. The molecule has 0 spiro atoms. The second kappa shape index (κ2) is 13.7. The van der Waals surface area contributed by atoms with Crippen LogP contribution in [0.3, 0.4) is 0 Å². The molecule has 4 aromatic heterocycles.